The first-order chi connectivity index (χ1) is 7.77. The summed E-state index contributed by atoms with van der Waals surface area (Å²) in [6.07, 6.45) is 4.28. The number of aliphatic imine (C=N–C) groups is 1. The summed E-state index contributed by atoms with van der Waals surface area (Å²) in [7, 11) is 0. The van der Waals surface area contributed by atoms with Crippen LogP contribution in [0.1, 0.15) is 12.5 Å². The molecule has 0 saturated heterocycles. The number of aliphatic hydroxyl groups excluding tert-OH is 2. The predicted octanol–water partition coefficient (Wildman–Crippen LogP) is 1.40. The average molecular weight is 219 g/mol. The van der Waals surface area contributed by atoms with E-state index in [-0.39, 0.29) is 6.61 Å². The van der Waals surface area contributed by atoms with Crippen molar-refractivity contribution in [3.8, 4) is 0 Å². The van der Waals surface area contributed by atoms with Gasteiger partial charge >= 0.3 is 0 Å². The third-order valence-electron chi connectivity index (χ3n) is 2.19. The first kappa shape index (κ1) is 12.6. The van der Waals surface area contributed by atoms with Crippen molar-refractivity contribution in [2.75, 3.05) is 6.61 Å². The van der Waals surface area contributed by atoms with Crippen LogP contribution in [-0.2, 0) is 0 Å². The van der Waals surface area contributed by atoms with Gasteiger partial charge in [-0.1, -0.05) is 42.5 Å². The summed E-state index contributed by atoms with van der Waals surface area (Å²) in [5.74, 6) is 0. The molecule has 2 N–H and O–H groups in total. The lowest BCUT2D eigenvalue weighted by molar-refractivity contribution is 0.145. The zero-order chi connectivity index (χ0) is 11.8. The van der Waals surface area contributed by atoms with Gasteiger partial charge in [0.15, 0.2) is 0 Å². The average Bonchev–Trinajstić information content (AvgIpc) is 2.31. The summed E-state index contributed by atoms with van der Waals surface area (Å²) >= 11 is 0. The molecule has 0 aliphatic heterocycles. The summed E-state index contributed by atoms with van der Waals surface area (Å²) in [5.41, 5.74) is 0.952. The molecule has 1 rings (SSSR count). The van der Waals surface area contributed by atoms with Crippen molar-refractivity contribution in [3.63, 3.8) is 0 Å². The van der Waals surface area contributed by atoms with E-state index in [1.165, 1.54) is 0 Å². The highest BCUT2D eigenvalue weighted by Crippen LogP contribution is 2.02. The van der Waals surface area contributed by atoms with E-state index in [0.29, 0.717) is 0 Å². The van der Waals surface area contributed by atoms with Crippen molar-refractivity contribution in [2.24, 2.45) is 4.99 Å². The fraction of sp³-hybridized carbons (Fsp3) is 0.308. The Morgan fingerprint density at radius 1 is 1.31 bits per heavy atom. The summed E-state index contributed by atoms with van der Waals surface area (Å²) in [6.45, 7) is 1.65. The quantitative estimate of drug-likeness (QED) is 0.581. The molecule has 0 radical (unpaired) electrons. The van der Waals surface area contributed by atoms with Gasteiger partial charge in [0.05, 0.1) is 12.7 Å². The Labute approximate surface area is 95.8 Å². The lowest BCUT2D eigenvalue weighted by Gasteiger charge is -2.12. The number of hydrogen-bond donors (Lipinski definition) is 2. The van der Waals surface area contributed by atoms with Crippen LogP contribution in [0.15, 0.2) is 47.5 Å². The molecule has 0 aliphatic rings. The topological polar surface area (TPSA) is 52.8 Å². The Hall–Kier alpha value is -1.45. The third-order valence-corrected chi connectivity index (χ3v) is 2.19. The highest BCUT2D eigenvalue weighted by atomic mass is 16.3. The molecule has 0 heterocycles. The zero-order valence-corrected chi connectivity index (χ0v) is 9.32. The maximum absolute atomic E-state index is 9.63. The van der Waals surface area contributed by atoms with Crippen LogP contribution in [0.25, 0.3) is 0 Å². The molecule has 86 valence electrons. The van der Waals surface area contributed by atoms with E-state index in [1.807, 2.05) is 37.3 Å². The standard InChI is InChI=1S/C13H17NO2/c1-2-6-13(16)12(10-15)14-9-11-7-4-3-5-8-11/h2-9,12-13,15-16H,10H2,1H3. The number of rotatable bonds is 5. The number of hydrogen-bond acceptors (Lipinski definition) is 3. The van der Waals surface area contributed by atoms with E-state index in [1.54, 1.807) is 18.4 Å². The van der Waals surface area contributed by atoms with E-state index < -0.39 is 12.1 Å². The Morgan fingerprint density at radius 2 is 2.00 bits per heavy atom. The molecule has 2 atom stereocenters. The monoisotopic (exact) mass is 219 g/mol. The number of benzene rings is 1. The molecule has 0 amide bonds. The minimum Gasteiger partial charge on any atom is -0.394 e. The van der Waals surface area contributed by atoms with Crippen molar-refractivity contribution in [1.82, 2.24) is 0 Å². The molecule has 0 aliphatic carbocycles. The molecule has 16 heavy (non-hydrogen) atoms. The Balaban J connectivity index is 2.66. The molecule has 0 saturated carbocycles. The Bertz CT molecular complexity index is 346. The largest absolute Gasteiger partial charge is 0.394 e. The molecule has 0 fully saturated rings. The van der Waals surface area contributed by atoms with Crippen molar-refractivity contribution in [2.45, 2.75) is 19.1 Å². The fourth-order valence-electron chi connectivity index (χ4n) is 1.29. The molecular formula is C13H17NO2. The second-order valence-electron chi connectivity index (χ2n) is 3.46. The lowest BCUT2D eigenvalue weighted by atomic mass is 10.1. The smallest absolute Gasteiger partial charge is 0.102 e. The minimum absolute atomic E-state index is 0.172. The maximum atomic E-state index is 9.63. The highest BCUT2D eigenvalue weighted by molar-refractivity contribution is 5.79. The van der Waals surface area contributed by atoms with Crippen molar-refractivity contribution < 1.29 is 10.2 Å². The lowest BCUT2D eigenvalue weighted by Crippen LogP contribution is -2.26. The van der Waals surface area contributed by atoms with Crippen LogP contribution in [0.2, 0.25) is 0 Å². The minimum atomic E-state index is -0.741. The zero-order valence-electron chi connectivity index (χ0n) is 9.32. The molecule has 0 aromatic heterocycles. The van der Waals surface area contributed by atoms with E-state index in [9.17, 15) is 5.11 Å². The Kier molecular flexibility index (Phi) is 5.46. The van der Waals surface area contributed by atoms with Crippen LogP contribution in [0, 0.1) is 0 Å². The first-order valence-corrected chi connectivity index (χ1v) is 5.28. The van der Waals surface area contributed by atoms with Gasteiger partial charge in [0.1, 0.15) is 6.04 Å². The second-order valence-corrected chi connectivity index (χ2v) is 3.46. The van der Waals surface area contributed by atoms with Gasteiger partial charge in [0, 0.05) is 6.21 Å². The van der Waals surface area contributed by atoms with Crippen LogP contribution in [0.4, 0.5) is 0 Å². The van der Waals surface area contributed by atoms with Gasteiger partial charge in [-0.3, -0.25) is 4.99 Å². The summed E-state index contributed by atoms with van der Waals surface area (Å²) in [6, 6.07) is 9.08. The van der Waals surface area contributed by atoms with Gasteiger partial charge in [-0.2, -0.15) is 0 Å². The van der Waals surface area contributed by atoms with Crippen LogP contribution < -0.4 is 0 Å². The van der Waals surface area contributed by atoms with Crippen molar-refractivity contribution in [3.05, 3.63) is 48.0 Å². The van der Waals surface area contributed by atoms with E-state index in [4.69, 9.17) is 5.11 Å². The number of allylic oxidation sites excluding steroid dienone is 1. The molecule has 0 bridgehead atoms. The van der Waals surface area contributed by atoms with Crippen LogP contribution in [0.5, 0.6) is 0 Å². The van der Waals surface area contributed by atoms with Gasteiger partial charge in [-0.25, -0.2) is 0 Å². The van der Waals surface area contributed by atoms with Crippen LogP contribution in [0.3, 0.4) is 0 Å². The molecule has 2 unspecified atom stereocenters. The molecule has 1 aromatic rings. The molecule has 0 spiro atoms. The summed E-state index contributed by atoms with van der Waals surface area (Å²) < 4.78 is 0. The Morgan fingerprint density at radius 3 is 2.56 bits per heavy atom. The summed E-state index contributed by atoms with van der Waals surface area (Å²) in [5, 5.41) is 18.7. The SMILES string of the molecule is CC=CC(O)C(CO)N=Cc1ccccc1. The predicted molar refractivity (Wildman–Crippen MR) is 65.7 cm³/mol. The van der Waals surface area contributed by atoms with Gasteiger partial charge in [0.25, 0.3) is 0 Å². The van der Waals surface area contributed by atoms with E-state index in [0.717, 1.165) is 5.56 Å². The van der Waals surface area contributed by atoms with Gasteiger partial charge in [-0.15, -0.1) is 0 Å². The third kappa shape index (κ3) is 3.96. The normalized spacial score (nSPS) is 15.7. The van der Waals surface area contributed by atoms with Crippen molar-refractivity contribution >= 4 is 6.21 Å². The van der Waals surface area contributed by atoms with Crippen molar-refractivity contribution in [1.29, 1.82) is 0 Å². The highest BCUT2D eigenvalue weighted by Gasteiger charge is 2.12. The maximum Gasteiger partial charge on any atom is 0.102 e. The first-order valence-electron chi connectivity index (χ1n) is 5.28. The second kappa shape index (κ2) is 6.93. The molecule has 1 aromatic carbocycles. The fourth-order valence-corrected chi connectivity index (χ4v) is 1.29. The molecule has 3 nitrogen and oxygen atoms in total. The van der Waals surface area contributed by atoms with Gasteiger partial charge in [0.2, 0.25) is 0 Å². The van der Waals surface area contributed by atoms with Gasteiger partial charge < -0.3 is 10.2 Å². The van der Waals surface area contributed by atoms with Crippen LogP contribution >= 0.6 is 0 Å². The van der Waals surface area contributed by atoms with Gasteiger partial charge in [-0.05, 0) is 12.5 Å². The molecule has 3 heteroatoms. The van der Waals surface area contributed by atoms with E-state index in [2.05, 4.69) is 4.99 Å². The number of nitrogens with zero attached hydrogens (tertiary/aromatic N) is 1. The number of aliphatic hydroxyl groups is 2. The summed E-state index contributed by atoms with van der Waals surface area (Å²) in [4.78, 5) is 4.15. The van der Waals surface area contributed by atoms with Crippen LogP contribution in [-0.4, -0.2) is 35.2 Å². The van der Waals surface area contributed by atoms with E-state index >= 15 is 0 Å². The molecular weight excluding hydrogens is 202 g/mol.